The van der Waals surface area contributed by atoms with Gasteiger partial charge in [-0.3, -0.25) is 4.57 Å². The molecule has 102 valence electrons. The molecule has 0 saturated heterocycles. The van der Waals surface area contributed by atoms with Gasteiger partial charge in [0.15, 0.2) is 5.82 Å². The number of rotatable bonds is 4. The molecular weight excluding hydrogens is 274 g/mol. The Hall–Kier alpha value is -2.18. The summed E-state index contributed by atoms with van der Waals surface area (Å²) in [4.78, 5) is 12.9. The van der Waals surface area contributed by atoms with E-state index in [1.54, 1.807) is 23.5 Å². The molecule has 0 aliphatic heterocycles. The summed E-state index contributed by atoms with van der Waals surface area (Å²) in [6.07, 6.45) is -0.921. The lowest BCUT2D eigenvalue weighted by atomic mass is 10.1. The van der Waals surface area contributed by atoms with Gasteiger partial charge in [0, 0.05) is 4.88 Å². The van der Waals surface area contributed by atoms with E-state index in [0.717, 1.165) is 4.88 Å². The fourth-order valence-electron chi connectivity index (χ4n) is 2.03. The van der Waals surface area contributed by atoms with Crippen LogP contribution >= 0.6 is 11.3 Å². The van der Waals surface area contributed by atoms with E-state index in [2.05, 4.69) is 10.2 Å². The third kappa shape index (κ3) is 2.43. The summed E-state index contributed by atoms with van der Waals surface area (Å²) in [5.74, 6) is 0.328. The lowest BCUT2D eigenvalue weighted by Gasteiger charge is -2.11. The molecule has 2 heterocycles. The number of nitrogens with zero attached hydrogens (tertiary/aromatic N) is 2. The largest absolute Gasteiger partial charge is 0.380 e. The fraction of sp³-hybridized carbons (Fsp3) is 0.143. The second-order valence-corrected chi connectivity index (χ2v) is 5.40. The molecule has 20 heavy (non-hydrogen) atoms. The molecule has 2 aromatic heterocycles. The minimum Gasteiger partial charge on any atom is -0.380 e. The minimum atomic E-state index is -0.921. The van der Waals surface area contributed by atoms with Gasteiger partial charge in [0.25, 0.3) is 0 Å². The van der Waals surface area contributed by atoms with Crippen LogP contribution < -0.4 is 5.69 Å². The molecule has 0 aliphatic rings. The Labute approximate surface area is 119 Å². The highest BCUT2D eigenvalue weighted by atomic mass is 32.1. The molecule has 3 aromatic rings. The van der Waals surface area contributed by atoms with E-state index in [-0.39, 0.29) is 5.69 Å². The lowest BCUT2D eigenvalue weighted by molar-refractivity contribution is 0.204. The lowest BCUT2D eigenvalue weighted by Crippen LogP contribution is -2.21. The molecule has 0 aliphatic carbocycles. The van der Waals surface area contributed by atoms with Gasteiger partial charge < -0.3 is 5.11 Å². The predicted molar refractivity (Wildman–Crippen MR) is 76.8 cm³/mol. The van der Waals surface area contributed by atoms with Crippen molar-refractivity contribution in [2.24, 2.45) is 0 Å². The van der Waals surface area contributed by atoms with Crippen molar-refractivity contribution in [3.05, 3.63) is 74.6 Å². The Bertz CT molecular complexity index is 731. The van der Waals surface area contributed by atoms with Gasteiger partial charge in [-0.2, -0.15) is 5.10 Å². The molecule has 2 N–H and O–H groups in total. The van der Waals surface area contributed by atoms with Crippen LogP contribution in [0, 0.1) is 0 Å². The molecule has 0 bridgehead atoms. The van der Waals surface area contributed by atoms with Crippen LogP contribution in [-0.4, -0.2) is 19.9 Å². The number of hydrogen-bond donors (Lipinski definition) is 2. The molecule has 0 fully saturated rings. The molecule has 0 amide bonds. The van der Waals surface area contributed by atoms with Crippen LogP contribution in [0.4, 0.5) is 0 Å². The number of aliphatic hydroxyl groups excluding tert-OH is 1. The van der Waals surface area contributed by atoms with Crippen molar-refractivity contribution in [2.45, 2.75) is 12.6 Å². The number of nitrogens with one attached hydrogen (secondary N) is 1. The number of aliphatic hydroxyl groups is 1. The second-order valence-electron chi connectivity index (χ2n) is 4.37. The summed E-state index contributed by atoms with van der Waals surface area (Å²) in [6, 6.07) is 13.0. The van der Waals surface area contributed by atoms with E-state index in [1.807, 2.05) is 35.7 Å². The van der Waals surface area contributed by atoms with E-state index in [0.29, 0.717) is 17.9 Å². The summed E-state index contributed by atoms with van der Waals surface area (Å²) in [6.45, 7) is 0.409. The third-order valence-electron chi connectivity index (χ3n) is 3.04. The average molecular weight is 287 g/mol. The summed E-state index contributed by atoms with van der Waals surface area (Å²) >= 11 is 1.56. The van der Waals surface area contributed by atoms with Crippen molar-refractivity contribution in [3.63, 3.8) is 0 Å². The Morgan fingerprint density at radius 2 is 2.05 bits per heavy atom. The van der Waals surface area contributed by atoms with Crippen molar-refractivity contribution >= 4 is 11.3 Å². The Morgan fingerprint density at radius 1 is 1.25 bits per heavy atom. The highest BCUT2D eigenvalue weighted by molar-refractivity contribution is 7.09. The first-order valence-corrected chi connectivity index (χ1v) is 7.04. The highest BCUT2D eigenvalue weighted by Crippen LogP contribution is 2.20. The molecule has 0 saturated carbocycles. The van der Waals surface area contributed by atoms with Crippen LogP contribution in [0.5, 0.6) is 0 Å². The van der Waals surface area contributed by atoms with Gasteiger partial charge in [-0.05, 0) is 17.0 Å². The van der Waals surface area contributed by atoms with Gasteiger partial charge in [-0.15, -0.1) is 11.3 Å². The standard InChI is InChI=1S/C14H13N3O2S/c18-12(10-5-2-1-3-6-10)13-15-16-14(19)17(13)9-11-7-4-8-20-11/h1-8,12,18H,9H2,(H,16,19). The molecule has 6 heteroatoms. The van der Waals surface area contributed by atoms with Crippen molar-refractivity contribution in [1.29, 1.82) is 0 Å². The average Bonchev–Trinajstić information content (AvgIpc) is 3.11. The van der Waals surface area contributed by atoms with Gasteiger partial charge in [0.05, 0.1) is 6.54 Å². The third-order valence-corrected chi connectivity index (χ3v) is 3.90. The topological polar surface area (TPSA) is 70.9 Å². The normalized spacial score (nSPS) is 12.4. The number of thiophene rings is 1. The second kappa shape index (κ2) is 5.44. The molecular formula is C14H13N3O2S. The Balaban J connectivity index is 1.96. The summed E-state index contributed by atoms with van der Waals surface area (Å²) in [5, 5.41) is 18.7. The highest BCUT2D eigenvalue weighted by Gasteiger charge is 2.19. The van der Waals surface area contributed by atoms with Crippen LogP contribution in [0.3, 0.4) is 0 Å². The van der Waals surface area contributed by atoms with Crippen LogP contribution in [0.1, 0.15) is 22.4 Å². The number of hydrogen-bond acceptors (Lipinski definition) is 4. The number of aromatic amines is 1. The number of benzene rings is 1. The monoisotopic (exact) mass is 287 g/mol. The summed E-state index contributed by atoms with van der Waals surface area (Å²) < 4.78 is 1.46. The van der Waals surface area contributed by atoms with Crippen LogP contribution in [0.25, 0.3) is 0 Å². The summed E-state index contributed by atoms with van der Waals surface area (Å²) in [5.41, 5.74) is 0.391. The number of aromatic nitrogens is 3. The fourth-order valence-corrected chi connectivity index (χ4v) is 2.73. The first kappa shape index (κ1) is 12.8. The zero-order chi connectivity index (χ0) is 13.9. The first-order valence-electron chi connectivity index (χ1n) is 6.16. The molecule has 1 unspecified atom stereocenters. The van der Waals surface area contributed by atoms with Gasteiger partial charge in [0.1, 0.15) is 6.10 Å². The van der Waals surface area contributed by atoms with E-state index in [4.69, 9.17) is 0 Å². The van der Waals surface area contributed by atoms with E-state index in [1.165, 1.54) is 4.57 Å². The van der Waals surface area contributed by atoms with Crippen LogP contribution in [0.2, 0.25) is 0 Å². The summed E-state index contributed by atoms with van der Waals surface area (Å²) in [7, 11) is 0. The smallest absolute Gasteiger partial charge is 0.343 e. The van der Waals surface area contributed by atoms with E-state index < -0.39 is 6.10 Å². The minimum absolute atomic E-state index is 0.316. The molecule has 0 radical (unpaired) electrons. The van der Waals surface area contributed by atoms with Gasteiger partial charge in [-0.25, -0.2) is 9.89 Å². The zero-order valence-corrected chi connectivity index (χ0v) is 11.4. The SMILES string of the molecule is O=c1[nH]nc(C(O)c2ccccc2)n1Cc1cccs1. The maximum absolute atomic E-state index is 11.8. The van der Waals surface area contributed by atoms with Crippen LogP contribution in [0.15, 0.2) is 52.6 Å². The van der Waals surface area contributed by atoms with Crippen molar-refractivity contribution in [3.8, 4) is 0 Å². The van der Waals surface area contributed by atoms with Gasteiger partial charge >= 0.3 is 5.69 Å². The van der Waals surface area contributed by atoms with Crippen molar-refractivity contribution in [2.75, 3.05) is 0 Å². The first-order chi connectivity index (χ1) is 9.75. The zero-order valence-electron chi connectivity index (χ0n) is 10.6. The molecule has 0 spiro atoms. The maximum atomic E-state index is 11.8. The molecule has 1 atom stereocenters. The Morgan fingerprint density at radius 3 is 2.75 bits per heavy atom. The predicted octanol–water partition coefficient (Wildman–Crippen LogP) is 1.76. The maximum Gasteiger partial charge on any atom is 0.343 e. The van der Waals surface area contributed by atoms with E-state index >= 15 is 0 Å². The number of H-pyrrole nitrogens is 1. The van der Waals surface area contributed by atoms with Crippen molar-refractivity contribution < 1.29 is 5.11 Å². The Kier molecular flexibility index (Phi) is 3.49. The quantitative estimate of drug-likeness (QED) is 0.768. The van der Waals surface area contributed by atoms with E-state index in [9.17, 15) is 9.90 Å². The molecule has 3 rings (SSSR count). The molecule has 5 nitrogen and oxygen atoms in total. The van der Waals surface area contributed by atoms with Gasteiger partial charge in [0.2, 0.25) is 0 Å². The van der Waals surface area contributed by atoms with Crippen molar-refractivity contribution in [1.82, 2.24) is 14.8 Å². The van der Waals surface area contributed by atoms with Gasteiger partial charge in [-0.1, -0.05) is 36.4 Å². The van der Waals surface area contributed by atoms with Crippen LogP contribution in [-0.2, 0) is 6.54 Å². The molecule has 1 aromatic carbocycles.